The van der Waals surface area contributed by atoms with Crippen molar-refractivity contribution in [2.24, 2.45) is 5.92 Å². The van der Waals surface area contributed by atoms with Crippen LogP contribution in [0.15, 0.2) is 73.1 Å². The molecule has 31 heavy (non-hydrogen) atoms. The van der Waals surface area contributed by atoms with Gasteiger partial charge < -0.3 is 10.1 Å². The third-order valence-electron chi connectivity index (χ3n) is 5.41. The molecule has 0 spiro atoms. The Morgan fingerprint density at radius 1 is 1.16 bits per heavy atom. The van der Waals surface area contributed by atoms with Gasteiger partial charge in [0, 0.05) is 24.8 Å². The minimum absolute atomic E-state index is 0.0228. The number of piperidine rings is 1. The number of ether oxygens (including phenoxy) is 1. The third kappa shape index (κ3) is 5.50. The fraction of sp³-hybridized carbons (Fsp3) is 0.231. The Hall–Kier alpha value is -3.62. The number of amides is 1. The van der Waals surface area contributed by atoms with E-state index in [1.54, 1.807) is 12.4 Å². The predicted octanol–water partition coefficient (Wildman–Crippen LogP) is 4.71. The zero-order valence-corrected chi connectivity index (χ0v) is 17.3. The van der Waals surface area contributed by atoms with Crippen molar-refractivity contribution in [3.05, 3.63) is 84.2 Å². The number of pyridine rings is 1. The second-order valence-electron chi connectivity index (χ2n) is 7.69. The fourth-order valence-electron chi connectivity index (χ4n) is 3.81. The second kappa shape index (κ2) is 9.92. The van der Waals surface area contributed by atoms with Gasteiger partial charge in [0.05, 0.1) is 17.8 Å². The molecule has 5 heteroatoms. The van der Waals surface area contributed by atoms with Gasteiger partial charge in [0.25, 0.3) is 0 Å². The van der Waals surface area contributed by atoms with Crippen LogP contribution in [0, 0.1) is 18.3 Å². The Kier molecular flexibility index (Phi) is 6.61. The largest absolute Gasteiger partial charge is 0.454 e. The van der Waals surface area contributed by atoms with Crippen LogP contribution in [-0.2, 0) is 11.3 Å². The van der Waals surface area contributed by atoms with E-state index in [1.807, 2.05) is 48.5 Å². The standard InChI is InChI=1S/C26H25N3O2/c1-2-20-11-13-21(14-12-20)18-29-16-6-7-22(19-29)26(30)28-24-9-3-4-10-25(24)31-23-8-5-15-27-17-23/h1,3-5,8-15,17,22H,6-7,16,18-19H2,(H,28,30)/t22-/m0/s1. The molecule has 0 saturated carbocycles. The first-order valence-electron chi connectivity index (χ1n) is 10.5. The normalized spacial score (nSPS) is 16.3. The Labute approximate surface area is 183 Å². The SMILES string of the molecule is C#Cc1ccc(CN2CCC[C@H](C(=O)Nc3ccccc3Oc3cccnc3)C2)cc1. The molecule has 1 aromatic heterocycles. The number of carbonyl (C=O) groups excluding carboxylic acids is 1. The van der Waals surface area contributed by atoms with Crippen molar-refractivity contribution in [1.82, 2.24) is 9.88 Å². The molecule has 156 valence electrons. The van der Waals surface area contributed by atoms with E-state index in [4.69, 9.17) is 11.2 Å². The van der Waals surface area contributed by atoms with Gasteiger partial charge in [0.15, 0.2) is 5.75 Å². The molecular formula is C26H25N3O2. The first-order valence-corrected chi connectivity index (χ1v) is 10.5. The molecule has 1 aliphatic rings. The highest BCUT2D eigenvalue weighted by Gasteiger charge is 2.26. The van der Waals surface area contributed by atoms with Crippen molar-refractivity contribution in [2.75, 3.05) is 18.4 Å². The first-order chi connectivity index (χ1) is 15.2. The van der Waals surface area contributed by atoms with Gasteiger partial charge in [0.2, 0.25) is 5.91 Å². The monoisotopic (exact) mass is 411 g/mol. The van der Waals surface area contributed by atoms with Crippen LogP contribution < -0.4 is 10.1 Å². The Bertz CT molecular complexity index is 1060. The lowest BCUT2D eigenvalue weighted by molar-refractivity contribution is -0.121. The van der Waals surface area contributed by atoms with Crippen molar-refractivity contribution in [2.45, 2.75) is 19.4 Å². The van der Waals surface area contributed by atoms with Crippen LogP contribution >= 0.6 is 0 Å². The number of hydrogen-bond acceptors (Lipinski definition) is 4. The quantitative estimate of drug-likeness (QED) is 0.597. The van der Waals surface area contributed by atoms with Crippen molar-refractivity contribution in [3.63, 3.8) is 0 Å². The number of para-hydroxylation sites is 2. The van der Waals surface area contributed by atoms with Gasteiger partial charge in [-0.25, -0.2) is 0 Å². The molecular weight excluding hydrogens is 386 g/mol. The molecule has 4 rings (SSSR count). The van der Waals surface area contributed by atoms with E-state index in [-0.39, 0.29) is 11.8 Å². The molecule has 1 amide bonds. The van der Waals surface area contributed by atoms with E-state index in [9.17, 15) is 4.79 Å². The smallest absolute Gasteiger partial charge is 0.228 e. The van der Waals surface area contributed by atoms with E-state index in [2.05, 4.69) is 33.3 Å². The van der Waals surface area contributed by atoms with Crippen LogP contribution in [0.2, 0.25) is 0 Å². The van der Waals surface area contributed by atoms with Crippen molar-refractivity contribution in [3.8, 4) is 23.8 Å². The van der Waals surface area contributed by atoms with Gasteiger partial charge in [-0.2, -0.15) is 0 Å². The van der Waals surface area contributed by atoms with Gasteiger partial charge in [-0.05, 0) is 61.3 Å². The molecule has 0 aliphatic carbocycles. The summed E-state index contributed by atoms with van der Waals surface area (Å²) in [5.74, 6) is 3.83. The minimum Gasteiger partial charge on any atom is -0.454 e. The average molecular weight is 412 g/mol. The molecule has 1 saturated heterocycles. The maximum absolute atomic E-state index is 13.0. The molecule has 1 fully saturated rings. The second-order valence-corrected chi connectivity index (χ2v) is 7.69. The summed E-state index contributed by atoms with van der Waals surface area (Å²) in [6.45, 7) is 2.53. The van der Waals surface area contributed by atoms with Crippen molar-refractivity contribution >= 4 is 11.6 Å². The molecule has 0 bridgehead atoms. The molecule has 1 atom stereocenters. The maximum Gasteiger partial charge on any atom is 0.228 e. The first kappa shape index (κ1) is 20.6. The molecule has 3 aromatic rings. The number of anilines is 1. The summed E-state index contributed by atoms with van der Waals surface area (Å²) in [7, 11) is 0. The number of hydrogen-bond donors (Lipinski definition) is 1. The van der Waals surface area contributed by atoms with Crippen LogP contribution in [0.5, 0.6) is 11.5 Å². The minimum atomic E-state index is -0.0646. The Balaban J connectivity index is 1.39. The van der Waals surface area contributed by atoms with E-state index < -0.39 is 0 Å². The van der Waals surface area contributed by atoms with Crippen molar-refractivity contribution < 1.29 is 9.53 Å². The number of nitrogens with zero attached hydrogens (tertiary/aromatic N) is 2. The van der Waals surface area contributed by atoms with Crippen molar-refractivity contribution in [1.29, 1.82) is 0 Å². The summed E-state index contributed by atoms with van der Waals surface area (Å²) in [5.41, 5.74) is 2.75. The van der Waals surface area contributed by atoms with E-state index in [0.717, 1.165) is 38.0 Å². The fourth-order valence-corrected chi connectivity index (χ4v) is 3.81. The number of rotatable bonds is 6. The van der Waals surface area contributed by atoms with E-state index in [0.29, 0.717) is 17.2 Å². The Morgan fingerprint density at radius 2 is 2.00 bits per heavy atom. The number of likely N-dealkylation sites (tertiary alicyclic amines) is 1. The van der Waals surface area contributed by atoms with Crippen LogP contribution in [-0.4, -0.2) is 28.9 Å². The van der Waals surface area contributed by atoms with Gasteiger partial charge >= 0.3 is 0 Å². The lowest BCUT2D eigenvalue weighted by atomic mass is 9.96. The van der Waals surface area contributed by atoms with Crippen LogP contribution in [0.4, 0.5) is 5.69 Å². The molecule has 0 unspecified atom stereocenters. The number of carbonyl (C=O) groups is 1. The van der Waals surface area contributed by atoms with Gasteiger partial charge in [-0.3, -0.25) is 14.7 Å². The van der Waals surface area contributed by atoms with E-state index >= 15 is 0 Å². The summed E-state index contributed by atoms with van der Waals surface area (Å²) >= 11 is 0. The van der Waals surface area contributed by atoms with Gasteiger partial charge in [-0.1, -0.05) is 30.2 Å². The molecule has 1 aliphatic heterocycles. The third-order valence-corrected chi connectivity index (χ3v) is 5.41. The van der Waals surface area contributed by atoms with Crippen LogP contribution in [0.3, 0.4) is 0 Å². The molecule has 2 heterocycles. The highest BCUT2D eigenvalue weighted by molar-refractivity contribution is 5.94. The number of nitrogens with one attached hydrogen (secondary N) is 1. The topological polar surface area (TPSA) is 54.5 Å². The van der Waals surface area contributed by atoms with Gasteiger partial charge in [0.1, 0.15) is 5.75 Å². The summed E-state index contributed by atoms with van der Waals surface area (Å²) in [5, 5.41) is 3.07. The van der Waals surface area contributed by atoms with E-state index in [1.165, 1.54) is 5.56 Å². The summed E-state index contributed by atoms with van der Waals surface area (Å²) in [6, 6.07) is 19.2. The number of terminal acetylenes is 1. The predicted molar refractivity (Wildman–Crippen MR) is 122 cm³/mol. The molecule has 0 radical (unpaired) electrons. The molecule has 2 aromatic carbocycles. The van der Waals surface area contributed by atoms with Crippen LogP contribution in [0.25, 0.3) is 0 Å². The molecule has 5 nitrogen and oxygen atoms in total. The van der Waals surface area contributed by atoms with Gasteiger partial charge in [-0.15, -0.1) is 6.42 Å². The summed E-state index contributed by atoms with van der Waals surface area (Å²) < 4.78 is 5.92. The lowest BCUT2D eigenvalue weighted by Gasteiger charge is -2.32. The maximum atomic E-state index is 13.0. The molecule has 1 N–H and O–H groups in total. The summed E-state index contributed by atoms with van der Waals surface area (Å²) in [6.07, 6.45) is 10.6. The highest BCUT2D eigenvalue weighted by atomic mass is 16.5. The average Bonchev–Trinajstić information content (AvgIpc) is 2.82. The lowest BCUT2D eigenvalue weighted by Crippen LogP contribution is -2.40. The Morgan fingerprint density at radius 3 is 2.77 bits per heavy atom. The highest BCUT2D eigenvalue weighted by Crippen LogP contribution is 2.30. The zero-order valence-electron chi connectivity index (χ0n) is 17.3. The van der Waals surface area contributed by atoms with Crippen LogP contribution in [0.1, 0.15) is 24.0 Å². The zero-order chi connectivity index (χ0) is 21.5. The number of aromatic nitrogens is 1. The number of benzene rings is 2. The summed E-state index contributed by atoms with van der Waals surface area (Å²) in [4.78, 5) is 19.4.